The summed E-state index contributed by atoms with van der Waals surface area (Å²) < 4.78 is 5.20. The monoisotopic (exact) mass is 215 g/mol. The minimum atomic E-state index is -0.188. The Kier molecular flexibility index (Phi) is 6.37. The van der Waals surface area contributed by atoms with Crippen LogP contribution in [0.15, 0.2) is 0 Å². The molecule has 0 fully saturated rings. The van der Waals surface area contributed by atoms with Crippen molar-refractivity contribution in [3.63, 3.8) is 0 Å². The SMILES string of the molecule is CC(C)CN(CC(C)C)C(=O)OC(C)C. The second kappa shape index (κ2) is 6.70. The molecule has 0 spiro atoms. The van der Waals surface area contributed by atoms with Gasteiger partial charge in [0.25, 0.3) is 0 Å². The van der Waals surface area contributed by atoms with Gasteiger partial charge in [0.05, 0.1) is 6.10 Å². The molecule has 15 heavy (non-hydrogen) atoms. The maximum atomic E-state index is 11.7. The molecule has 0 aromatic heterocycles. The summed E-state index contributed by atoms with van der Waals surface area (Å²) in [6.45, 7) is 13.7. The molecule has 0 saturated carbocycles. The van der Waals surface area contributed by atoms with Crippen LogP contribution in [-0.2, 0) is 4.74 Å². The molecule has 3 nitrogen and oxygen atoms in total. The van der Waals surface area contributed by atoms with E-state index in [1.54, 1.807) is 4.90 Å². The first-order chi connectivity index (χ1) is 6.82. The summed E-state index contributed by atoms with van der Waals surface area (Å²) in [5.74, 6) is 0.951. The molecular formula is C12H25NO2. The van der Waals surface area contributed by atoms with Gasteiger partial charge in [-0.15, -0.1) is 0 Å². The van der Waals surface area contributed by atoms with E-state index in [2.05, 4.69) is 27.7 Å². The van der Waals surface area contributed by atoms with Crippen molar-refractivity contribution in [2.45, 2.75) is 47.6 Å². The fourth-order valence-electron chi connectivity index (χ4n) is 1.38. The summed E-state index contributed by atoms with van der Waals surface area (Å²) in [5.41, 5.74) is 0. The molecular weight excluding hydrogens is 190 g/mol. The van der Waals surface area contributed by atoms with Gasteiger partial charge in [0.2, 0.25) is 0 Å². The van der Waals surface area contributed by atoms with Crippen molar-refractivity contribution in [3.05, 3.63) is 0 Å². The van der Waals surface area contributed by atoms with Gasteiger partial charge in [0.1, 0.15) is 0 Å². The van der Waals surface area contributed by atoms with Gasteiger partial charge in [0, 0.05) is 13.1 Å². The van der Waals surface area contributed by atoms with Gasteiger partial charge >= 0.3 is 6.09 Å². The lowest BCUT2D eigenvalue weighted by atomic mass is 10.1. The number of carbonyl (C=O) groups excluding carboxylic acids is 1. The van der Waals surface area contributed by atoms with Crippen molar-refractivity contribution in [1.82, 2.24) is 4.90 Å². The van der Waals surface area contributed by atoms with Crippen LogP contribution in [0.1, 0.15) is 41.5 Å². The van der Waals surface area contributed by atoms with E-state index in [0.717, 1.165) is 13.1 Å². The number of nitrogens with zero attached hydrogens (tertiary/aromatic N) is 1. The summed E-state index contributed by atoms with van der Waals surface area (Å²) in [6, 6.07) is 0. The zero-order valence-corrected chi connectivity index (χ0v) is 10.9. The maximum Gasteiger partial charge on any atom is 0.410 e. The average Bonchev–Trinajstić information content (AvgIpc) is 1.99. The number of carbonyl (C=O) groups is 1. The second-order valence-electron chi connectivity index (χ2n) is 5.13. The summed E-state index contributed by atoms with van der Waals surface area (Å²) in [5, 5.41) is 0. The highest BCUT2D eigenvalue weighted by molar-refractivity contribution is 5.67. The Hall–Kier alpha value is -0.730. The Labute approximate surface area is 93.8 Å². The van der Waals surface area contributed by atoms with Crippen LogP contribution in [0.25, 0.3) is 0 Å². The molecule has 0 bridgehead atoms. The van der Waals surface area contributed by atoms with Crippen LogP contribution >= 0.6 is 0 Å². The molecule has 0 saturated heterocycles. The molecule has 0 aromatic rings. The van der Waals surface area contributed by atoms with Crippen molar-refractivity contribution >= 4 is 6.09 Å². The number of rotatable bonds is 5. The van der Waals surface area contributed by atoms with Crippen LogP contribution in [0.5, 0.6) is 0 Å². The highest BCUT2D eigenvalue weighted by Gasteiger charge is 2.18. The first-order valence-electron chi connectivity index (χ1n) is 5.78. The van der Waals surface area contributed by atoms with Gasteiger partial charge in [0.15, 0.2) is 0 Å². The smallest absolute Gasteiger partial charge is 0.410 e. The summed E-state index contributed by atoms with van der Waals surface area (Å²) in [4.78, 5) is 13.5. The van der Waals surface area contributed by atoms with Gasteiger partial charge < -0.3 is 9.64 Å². The molecule has 0 heterocycles. The van der Waals surface area contributed by atoms with Crippen LogP contribution in [0, 0.1) is 11.8 Å². The van der Waals surface area contributed by atoms with Crippen molar-refractivity contribution in [3.8, 4) is 0 Å². The molecule has 0 aliphatic heterocycles. The van der Waals surface area contributed by atoms with E-state index in [-0.39, 0.29) is 12.2 Å². The van der Waals surface area contributed by atoms with Crippen LogP contribution in [0.4, 0.5) is 4.79 Å². The fourth-order valence-corrected chi connectivity index (χ4v) is 1.38. The van der Waals surface area contributed by atoms with Crippen LogP contribution < -0.4 is 0 Å². The molecule has 0 N–H and O–H groups in total. The lowest BCUT2D eigenvalue weighted by Gasteiger charge is -2.26. The standard InChI is InChI=1S/C12H25NO2/c1-9(2)7-13(8-10(3)4)12(14)15-11(5)6/h9-11H,7-8H2,1-6H3. The van der Waals surface area contributed by atoms with E-state index >= 15 is 0 Å². The molecule has 1 amide bonds. The maximum absolute atomic E-state index is 11.7. The predicted molar refractivity (Wildman–Crippen MR) is 62.9 cm³/mol. The molecule has 0 aliphatic carbocycles. The lowest BCUT2D eigenvalue weighted by Crippen LogP contribution is -2.38. The van der Waals surface area contributed by atoms with E-state index in [4.69, 9.17) is 4.74 Å². The van der Waals surface area contributed by atoms with Gasteiger partial charge in [-0.1, -0.05) is 27.7 Å². The Bertz CT molecular complexity index is 178. The number of hydrogen-bond acceptors (Lipinski definition) is 2. The minimum absolute atomic E-state index is 0.0423. The third kappa shape index (κ3) is 7.23. The third-order valence-corrected chi connectivity index (χ3v) is 1.77. The topological polar surface area (TPSA) is 29.5 Å². The van der Waals surface area contributed by atoms with Gasteiger partial charge in [-0.2, -0.15) is 0 Å². The zero-order chi connectivity index (χ0) is 12.0. The first-order valence-corrected chi connectivity index (χ1v) is 5.78. The highest BCUT2D eigenvalue weighted by atomic mass is 16.6. The number of ether oxygens (including phenoxy) is 1. The van der Waals surface area contributed by atoms with Crippen LogP contribution in [0.3, 0.4) is 0 Å². The largest absolute Gasteiger partial charge is 0.447 e. The average molecular weight is 215 g/mol. The summed E-state index contributed by atoms with van der Waals surface area (Å²) >= 11 is 0. The van der Waals surface area contributed by atoms with Crippen LogP contribution in [-0.4, -0.2) is 30.2 Å². The van der Waals surface area contributed by atoms with E-state index in [1.807, 2.05) is 13.8 Å². The second-order valence-corrected chi connectivity index (χ2v) is 5.13. The zero-order valence-electron chi connectivity index (χ0n) is 10.9. The number of hydrogen-bond donors (Lipinski definition) is 0. The van der Waals surface area contributed by atoms with E-state index in [1.165, 1.54) is 0 Å². The summed E-state index contributed by atoms with van der Waals surface area (Å²) in [7, 11) is 0. The minimum Gasteiger partial charge on any atom is -0.447 e. The predicted octanol–water partition coefficient (Wildman–Crippen LogP) is 3.15. The van der Waals surface area contributed by atoms with Gasteiger partial charge in [-0.05, 0) is 25.7 Å². The molecule has 0 radical (unpaired) electrons. The highest BCUT2D eigenvalue weighted by Crippen LogP contribution is 2.07. The molecule has 3 heteroatoms. The van der Waals surface area contributed by atoms with Crippen molar-refractivity contribution in [2.75, 3.05) is 13.1 Å². The molecule has 0 rings (SSSR count). The van der Waals surface area contributed by atoms with E-state index in [9.17, 15) is 4.79 Å². The molecule has 90 valence electrons. The Balaban J connectivity index is 4.27. The van der Waals surface area contributed by atoms with E-state index < -0.39 is 0 Å². The molecule has 0 atom stereocenters. The third-order valence-electron chi connectivity index (χ3n) is 1.77. The fraction of sp³-hybridized carbons (Fsp3) is 0.917. The molecule has 0 aliphatic rings. The van der Waals surface area contributed by atoms with Crippen molar-refractivity contribution in [2.24, 2.45) is 11.8 Å². The Morgan fingerprint density at radius 3 is 1.67 bits per heavy atom. The lowest BCUT2D eigenvalue weighted by molar-refractivity contribution is 0.0696. The molecule has 0 unspecified atom stereocenters. The Morgan fingerprint density at radius 1 is 1.00 bits per heavy atom. The summed E-state index contributed by atoms with van der Waals surface area (Å²) in [6.07, 6.45) is -0.230. The first kappa shape index (κ1) is 14.3. The van der Waals surface area contributed by atoms with E-state index in [0.29, 0.717) is 11.8 Å². The van der Waals surface area contributed by atoms with Crippen molar-refractivity contribution in [1.29, 1.82) is 0 Å². The quantitative estimate of drug-likeness (QED) is 0.705. The van der Waals surface area contributed by atoms with Crippen molar-refractivity contribution < 1.29 is 9.53 Å². The number of amides is 1. The van der Waals surface area contributed by atoms with Gasteiger partial charge in [-0.3, -0.25) is 0 Å². The van der Waals surface area contributed by atoms with Crippen LogP contribution in [0.2, 0.25) is 0 Å². The normalized spacial score (nSPS) is 11.3. The molecule has 0 aromatic carbocycles. The van der Waals surface area contributed by atoms with Gasteiger partial charge in [-0.25, -0.2) is 4.79 Å². The Morgan fingerprint density at radius 2 is 1.40 bits per heavy atom.